The van der Waals surface area contributed by atoms with E-state index in [1.165, 1.54) is 7.11 Å². The zero-order valence-electron chi connectivity index (χ0n) is 14.6. The van der Waals surface area contributed by atoms with E-state index in [1.54, 1.807) is 12.1 Å². The summed E-state index contributed by atoms with van der Waals surface area (Å²) in [6.07, 6.45) is 3.44. The number of methoxy groups -OCH3 is 1. The van der Waals surface area contributed by atoms with E-state index in [-0.39, 0.29) is 16.0 Å². The lowest BCUT2D eigenvalue weighted by Gasteiger charge is -2.13. The quantitative estimate of drug-likeness (QED) is 0.333. The van der Waals surface area contributed by atoms with E-state index < -0.39 is 12.0 Å². The summed E-state index contributed by atoms with van der Waals surface area (Å²) in [6, 6.07) is 6.89. The molecule has 6 heteroatoms. The van der Waals surface area contributed by atoms with Gasteiger partial charge in [0.05, 0.1) is 17.7 Å². The Hall–Kier alpha value is -2.21. The first-order valence-corrected chi connectivity index (χ1v) is 7.92. The molecule has 0 fully saturated rings. The first-order valence-electron chi connectivity index (χ1n) is 7.48. The van der Waals surface area contributed by atoms with Gasteiger partial charge in [-0.05, 0) is 36.1 Å². The highest BCUT2D eigenvalue weighted by atomic mass is 32.1. The van der Waals surface area contributed by atoms with Gasteiger partial charge >= 0.3 is 12.0 Å². The van der Waals surface area contributed by atoms with Crippen molar-refractivity contribution in [3.63, 3.8) is 0 Å². The van der Waals surface area contributed by atoms with Gasteiger partial charge in [-0.15, -0.1) is 12.6 Å². The molecule has 24 heavy (non-hydrogen) atoms. The zero-order chi connectivity index (χ0) is 18.3. The van der Waals surface area contributed by atoms with E-state index in [2.05, 4.69) is 23.3 Å². The molecule has 1 aromatic carbocycles. The molecule has 0 atom stereocenters. The standard InChI is InChI=1S/C18H24N2O3S/c1-12-7-6-8-13(11-12)19-17(22)20-15(24)14(16(21)23-5)9-10-18(2,3)4/h6-11,24H,1-5H3,(H2,19,20,22)/b10-9+,15-14+. The molecule has 1 aromatic rings. The van der Waals surface area contributed by atoms with Crippen LogP contribution in [-0.4, -0.2) is 19.1 Å². The Labute approximate surface area is 148 Å². The third kappa shape index (κ3) is 6.91. The Morgan fingerprint density at radius 2 is 1.92 bits per heavy atom. The Morgan fingerprint density at radius 1 is 1.25 bits per heavy atom. The predicted molar refractivity (Wildman–Crippen MR) is 100.0 cm³/mol. The number of hydrogen-bond donors (Lipinski definition) is 3. The van der Waals surface area contributed by atoms with Crippen LogP contribution in [-0.2, 0) is 9.53 Å². The number of thiol groups is 1. The summed E-state index contributed by atoms with van der Waals surface area (Å²) in [4.78, 5) is 24.0. The van der Waals surface area contributed by atoms with Crippen molar-refractivity contribution >= 4 is 30.3 Å². The number of rotatable bonds is 4. The summed E-state index contributed by atoms with van der Waals surface area (Å²) in [7, 11) is 1.28. The molecule has 0 spiro atoms. The molecule has 0 bridgehead atoms. The SMILES string of the molecule is COC(=O)C(/C=C/C(C)(C)C)=C(/S)NC(=O)Nc1cccc(C)c1. The minimum absolute atomic E-state index is 0.118. The van der Waals surface area contributed by atoms with Crippen molar-refractivity contribution in [3.8, 4) is 0 Å². The van der Waals surface area contributed by atoms with Gasteiger partial charge in [0.15, 0.2) is 0 Å². The van der Waals surface area contributed by atoms with Gasteiger partial charge in [-0.3, -0.25) is 0 Å². The Balaban J connectivity index is 2.93. The highest BCUT2D eigenvalue weighted by Gasteiger charge is 2.15. The van der Waals surface area contributed by atoms with Crippen molar-refractivity contribution in [2.75, 3.05) is 12.4 Å². The molecule has 0 aromatic heterocycles. The van der Waals surface area contributed by atoms with Crippen LogP contribution < -0.4 is 10.6 Å². The number of hydrogen-bond acceptors (Lipinski definition) is 4. The molecular formula is C18H24N2O3S. The molecule has 130 valence electrons. The maximum atomic E-state index is 12.1. The molecule has 1 rings (SSSR count). The maximum Gasteiger partial charge on any atom is 0.340 e. The highest BCUT2D eigenvalue weighted by molar-refractivity contribution is 7.84. The average Bonchev–Trinajstić information content (AvgIpc) is 2.45. The van der Waals surface area contributed by atoms with Gasteiger partial charge < -0.3 is 15.4 Å². The third-order valence-electron chi connectivity index (χ3n) is 2.92. The number of ether oxygens (including phenoxy) is 1. The van der Waals surface area contributed by atoms with E-state index in [1.807, 2.05) is 52.0 Å². The van der Waals surface area contributed by atoms with Crippen molar-refractivity contribution in [3.05, 3.63) is 52.6 Å². The van der Waals surface area contributed by atoms with Gasteiger partial charge in [-0.2, -0.15) is 0 Å². The summed E-state index contributed by atoms with van der Waals surface area (Å²) in [5, 5.41) is 5.35. The molecule has 0 saturated carbocycles. The van der Waals surface area contributed by atoms with Crippen molar-refractivity contribution in [2.24, 2.45) is 5.41 Å². The monoisotopic (exact) mass is 348 g/mol. The smallest absolute Gasteiger partial charge is 0.340 e. The number of anilines is 1. The largest absolute Gasteiger partial charge is 0.465 e. The maximum absolute atomic E-state index is 12.1. The van der Waals surface area contributed by atoms with Gasteiger partial charge in [-0.25, -0.2) is 9.59 Å². The lowest BCUT2D eigenvalue weighted by Crippen LogP contribution is -2.28. The summed E-state index contributed by atoms with van der Waals surface area (Å²) in [5.41, 5.74) is 1.73. The molecule has 0 unspecified atom stereocenters. The van der Waals surface area contributed by atoms with Crippen LogP contribution in [0.4, 0.5) is 10.5 Å². The fourth-order valence-corrected chi connectivity index (χ4v) is 2.01. The number of aryl methyl sites for hydroxylation is 1. The second-order valence-electron chi connectivity index (χ2n) is 6.40. The van der Waals surface area contributed by atoms with E-state index in [4.69, 9.17) is 4.74 Å². The van der Waals surface area contributed by atoms with Crippen LogP contribution in [0, 0.1) is 12.3 Å². The summed E-state index contributed by atoms with van der Waals surface area (Å²) in [6.45, 7) is 7.91. The number of urea groups is 1. The summed E-state index contributed by atoms with van der Waals surface area (Å²) in [5.74, 6) is -0.573. The van der Waals surface area contributed by atoms with Crippen LogP contribution in [0.25, 0.3) is 0 Å². The summed E-state index contributed by atoms with van der Waals surface area (Å²) < 4.78 is 4.75. The molecule has 5 nitrogen and oxygen atoms in total. The summed E-state index contributed by atoms with van der Waals surface area (Å²) >= 11 is 4.23. The van der Waals surface area contributed by atoms with Crippen LogP contribution >= 0.6 is 12.6 Å². The minimum Gasteiger partial charge on any atom is -0.465 e. The van der Waals surface area contributed by atoms with Crippen LogP contribution in [0.5, 0.6) is 0 Å². The molecule has 0 aliphatic heterocycles. The molecule has 2 N–H and O–H groups in total. The van der Waals surface area contributed by atoms with Crippen molar-refractivity contribution in [2.45, 2.75) is 27.7 Å². The van der Waals surface area contributed by atoms with E-state index in [0.717, 1.165) is 5.56 Å². The fourth-order valence-electron chi connectivity index (χ4n) is 1.75. The van der Waals surface area contributed by atoms with Gasteiger partial charge in [0.2, 0.25) is 0 Å². The highest BCUT2D eigenvalue weighted by Crippen LogP contribution is 2.18. The number of allylic oxidation sites excluding steroid dienone is 1. The zero-order valence-corrected chi connectivity index (χ0v) is 15.5. The Morgan fingerprint density at radius 3 is 2.46 bits per heavy atom. The lowest BCUT2D eigenvalue weighted by atomic mass is 9.95. The second-order valence-corrected chi connectivity index (χ2v) is 6.85. The first-order chi connectivity index (χ1) is 11.1. The van der Waals surface area contributed by atoms with Gasteiger partial charge in [-0.1, -0.05) is 39.0 Å². The topological polar surface area (TPSA) is 67.4 Å². The van der Waals surface area contributed by atoms with Gasteiger partial charge in [0.1, 0.15) is 0 Å². The number of amides is 2. The van der Waals surface area contributed by atoms with Crippen molar-refractivity contribution in [1.82, 2.24) is 5.32 Å². The molecule has 0 heterocycles. The number of nitrogens with one attached hydrogen (secondary N) is 2. The number of carbonyl (C=O) groups excluding carboxylic acids is 2. The predicted octanol–water partition coefficient (Wildman–Crippen LogP) is 4.03. The van der Waals surface area contributed by atoms with E-state index >= 15 is 0 Å². The lowest BCUT2D eigenvalue weighted by molar-refractivity contribution is -0.135. The molecule has 0 aliphatic carbocycles. The molecule has 2 amide bonds. The van der Waals surface area contributed by atoms with Crippen LogP contribution in [0.2, 0.25) is 0 Å². The molecule has 0 radical (unpaired) electrons. The number of esters is 1. The molecule has 0 saturated heterocycles. The van der Waals surface area contributed by atoms with Crippen molar-refractivity contribution in [1.29, 1.82) is 0 Å². The first kappa shape index (κ1) is 19.8. The number of carbonyl (C=O) groups is 2. The van der Waals surface area contributed by atoms with E-state index in [0.29, 0.717) is 5.69 Å². The average molecular weight is 348 g/mol. The minimum atomic E-state index is -0.573. The normalized spacial score (nSPS) is 12.6. The fraction of sp³-hybridized carbons (Fsp3) is 0.333. The number of benzene rings is 1. The Bertz CT molecular complexity index is 673. The second kappa shape index (κ2) is 8.59. The third-order valence-corrected chi connectivity index (χ3v) is 3.27. The van der Waals surface area contributed by atoms with Crippen LogP contribution in [0.3, 0.4) is 0 Å². The van der Waals surface area contributed by atoms with Gasteiger partial charge in [0, 0.05) is 5.69 Å². The Kier molecular flexibility index (Phi) is 7.10. The van der Waals surface area contributed by atoms with Crippen LogP contribution in [0.15, 0.2) is 47.0 Å². The van der Waals surface area contributed by atoms with Gasteiger partial charge in [0.25, 0.3) is 0 Å². The van der Waals surface area contributed by atoms with Crippen molar-refractivity contribution < 1.29 is 14.3 Å². The molecule has 0 aliphatic rings. The van der Waals surface area contributed by atoms with E-state index in [9.17, 15) is 9.59 Å². The van der Waals surface area contributed by atoms with Crippen LogP contribution in [0.1, 0.15) is 26.3 Å². The molecular weight excluding hydrogens is 324 g/mol.